The van der Waals surface area contributed by atoms with Crippen LogP contribution in [-0.2, 0) is 4.74 Å². The summed E-state index contributed by atoms with van der Waals surface area (Å²) in [5.74, 6) is 1.69. The molecule has 0 atom stereocenters. The van der Waals surface area contributed by atoms with Gasteiger partial charge in [-0.05, 0) is 44.2 Å². The first kappa shape index (κ1) is 13.8. The lowest BCUT2D eigenvalue weighted by Crippen LogP contribution is -2.10. The first-order chi connectivity index (χ1) is 8.36. The summed E-state index contributed by atoms with van der Waals surface area (Å²) in [6, 6.07) is 7.58. The van der Waals surface area contributed by atoms with Crippen LogP contribution in [0.15, 0.2) is 24.3 Å². The molecule has 17 heavy (non-hydrogen) atoms. The number of hydrogen-bond acceptors (Lipinski definition) is 4. The smallest absolute Gasteiger partial charge is 0.119 e. The minimum absolute atomic E-state index is 0.554. The third kappa shape index (κ3) is 6.14. The second kappa shape index (κ2) is 8.84. The van der Waals surface area contributed by atoms with Gasteiger partial charge in [0.2, 0.25) is 0 Å². The zero-order chi connectivity index (χ0) is 12.3. The highest BCUT2D eigenvalue weighted by atomic mass is 16.5. The molecule has 0 amide bonds. The van der Waals surface area contributed by atoms with Gasteiger partial charge in [0, 0.05) is 6.61 Å². The van der Waals surface area contributed by atoms with Gasteiger partial charge in [-0.15, -0.1) is 0 Å². The van der Waals surface area contributed by atoms with Crippen LogP contribution in [-0.4, -0.2) is 33.0 Å². The first-order valence-corrected chi connectivity index (χ1v) is 6.00. The van der Waals surface area contributed by atoms with Gasteiger partial charge in [0.05, 0.1) is 13.2 Å². The molecule has 0 bridgehead atoms. The largest absolute Gasteiger partial charge is 0.494 e. The zero-order valence-corrected chi connectivity index (χ0v) is 10.4. The van der Waals surface area contributed by atoms with E-state index in [1.807, 2.05) is 31.2 Å². The Morgan fingerprint density at radius 3 is 2.18 bits per heavy atom. The molecular weight excluding hydrogens is 218 g/mol. The summed E-state index contributed by atoms with van der Waals surface area (Å²) in [4.78, 5) is 0. The molecule has 0 aromatic heterocycles. The van der Waals surface area contributed by atoms with Gasteiger partial charge in [0.25, 0.3) is 0 Å². The predicted molar refractivity (Wildman–Crippen MR) is 67.6 cm³/mol. The molecule has 4 nitrogen and oxygen atoms in total. The molecule has 1 rings (SSSR count). The summed E-state index contributed by atoms with van der Waals surface area (Å²) in [5, 5.41) is 0. The third-order valence-corrected chi connectivity index (χ3v) is 2.12. The third-order valence-electron chi connectivity index (χ3n) is 2.12. The molecule has 1 aromatic rings. The van der Waals surface area contributed by atoms with E-state index in [0.29, 0.717) is 33.0 Å². The molecule has 0 unspecified atom stereocenters. The number of benzene rings is 1. The van der Waals surface area contributed by atoms with Crippen LogP contribution >= 0.6 is 0 Å². The van der Waals surface area contributed by atoms with Gasteiger partial charge in [-0.25, -0.2) is 0 Å². The van der Waals surface area contributed by atoms with Crippen molar-refractivity contribution in [1.82, 2.24) is 0 Å². The molecule has 0 aliphatic heterocycles. The summed E-state index contributed by atoms with van der Waals surface area (Å²) < 4.78 is 16.2. The van der Waals surface area contributed by atoms with Gasteiger partial charge >= 0.3 is 0 Å². The average Bonchev–Trinajstić information content (AvgIpc) is 2.36. The number of rotatable bonds is 9. The van der Waals surface area contributed by atoms with E-state index in [1.165, 1.54) is 0 Å². The van der Waals surface area contributed by atoms with Crippen LogP contribution in [0.5, 0.6) is 11.5 Å². The maximum atomic E-state index is 5.51. The van der Waals surface area contributed by atoms with Gasteiger partial charge in [-0.2, -0.15) is 0 Å². The summed E-state index contributed by atoms with van der Waals surface area (Å²) in [6.45, 7) is 5.15. The van der Waals surface area contributed by atoms with Crippen molar-refractivity contribution in [3.05, 3.63) is 24.3 Å². The Hall–Kier alpha value is -1.26. The van der Waals surface area contributed by atoms with Crippen LogP contribution in [0, 0.1) is 0 Å². The topological polar surface area (TPSA) is 53.7 Å². The SMILES string of the molecule is CCOc1ccc(OCCOCCCN)cc1. The van der Waals surface area contributed by atoms with E-state index < -0.39 is 0 Å². The van der Waals surface area contributed by atoms with Crippen molar-refractivity contribution in [1.29, 1.82) is 0 Å². The zero-order valence-electron chi connectivity index (χ0n) is 10.4. The Kier molecular flexibility index (Phi) is 7.18. The van der Waals surface area contributed by atoms with Crippen LogP contribution in [0.2, 0.25) is 0 Å². The molecule has 0 fully saturated rings. The Bertz CT molecular complexity index is 287. The van der Waals surface area contributed by atoms with Gasteiger partial charge in [-0.1, -0.05) is 0 Å². The number of nitrogens with two attached hydrogens (primary N) is 1. The molecule has 0 aliphatic carbocycles. The lowest BCUT2D eigenvalue weighted by atomic mass is 10.3. The molecule has 0 heterocycles. The molecule has 0 aliphatic rings. The highest BCUT2D eigenvalue weighted by molar-refractivity contribution is 5.31. The molecule has 2 N–H and O–H groups in total. The van der Waals surface area contributed by atoms with Gasteiger partial charge < -0.3 is 19.9 Å². The predicted octanol–water partition coefficient (Wildman–Crippen LogP) is 1.83. The van der Waals surface area contributed by atoms with Crippen molar-refractivity contribution in [2.75, 3.05) is 33.0 Å². The van der Waals surface area contributed by atoms with Gasteiger partial charge in [-0.3, -0.25) is 0 Å². The van der Waals surface area contributed by atoms with Crippen molar-refractivity contribution in [2.45, 2.75) is 13.3 Å². The monoisotopic (exact) mass is 239 g/mol. The minimum atomic E-state index is 0.554. The minimum Gasteiger partial charge on any atom is -0.494 e. The van der Waals surface area contributed by atoms with Crippen molar-refractivity contribution < 1.29 is 14.2 Å². The number of ether oxygens (including phenoxy) is 3. The molecule has 0 saturated heterocycles. The van der Waals surface area contributed by atoms with Crippen molar-refractivity contribution >= 4 is 0 Å². The van der Waals surface area contributed by atoms with E-state index in [0.717, 1.165) is 17.9 Å². The first-order valence-electron chi connectivity index (χ1n) is 6.00. The standard InChI is InChI=1S/C13H21NO3/c1-2-16-12-4-6-13(7-5-12)17-11-10-15-9-3-8-14/h4-7H,2-3,8-11,14H2,1H3. The second-order valence-corrected chi connectivity index (χ2v) is 3.51. The van der Waals surface area contributed by atoms with Crippen molar-refractivity contribution in [2.24, 2.45) is 5.73 Å². The average molecular weight is 239 g/mol. The molecule has 0 spiro atoms. The molecule has 1 aromatic carbocycles. The second-order valence-electron chi connectivity index (χ2n) is 3.51. The number of hydrogen-bond donors (Lipinski definition) is 1. The highest BCUT2D eigenvalue weighted by Crippen LogP contribution is 2.17. The fraction of sp³-hybridized carbons (Fsp3) is 0.538. The maximum Gasteiger partial charge on any atom is 0.119 e. The van der Waals surface area contributed by atoms with Crippen LogP contribution in [0.25, 0.3) is 0 Å². The van der Waals surface area contributed by atoms with E-state index in [9.17, 15) is 0 Å². The fourth-order valence-electron chi connectivity index (χ4n) is 1.30. The lowest BCUT2D eigenvalue weighted by Gasteiger charge is -2.08. The summed E-state index contributed by atoms with van der Waals surface area (Å²) in [6.07, 6.45) is 0.892. The normalized spacial score (nSPS) is 10.2. The quantitative estimate of drug-likeness (QED) is 0.668. The van der Waals surface area contributed by atoms with Crippen LogP contribution < -0.4 is 15.2 Å². The van der Waals surface area contributed by atoms with Crippen LogP contribution in [0.3, 0.4) is 0 Å². The molecule has 96 valence electrons. The van der Waals surface area contributed by atoms with E-state index in [1.54, 1.807) is 0 Å². The summed E-state index contributed by atoms with van der Waals surface area (Å²) in [7, 11) is 0. The van der Waals surface area contributed by atoms with Crippen LogP contribution in [0.4, 0.5) is 0 Å². The molecule has 4 heteroatoms. The maximum absolute atomic E-state index is 5.51. The Balaban J connectivity index is 2.14. The van der Waals surface area contributed by atoms with Crippen molar-refractivity contribution in [3.8, 4) is 11.5 Å². The Morgan fingerprint density at radius 2 is 1.59 bits per heavy atom. The van der Waals surface area contributed by atoms with Crippen LogP contribution in [0.1, 0.15) is 13.3 Å². The fourth-order valence-corrected chi connectivity index (χ4v) is 1.30. The molecule has 0 radical (unpaired) electrons. The summed E-state index contributed by atoms with van der Waals surface area (Å²) in [5.41, 5.74) is 5.35. The Morgan fingerprint density at radius 1 is 0.941 bits per heavy atom. The van der Waals surface area contributed by atoms with Gasteiger partial charge in [0.15, 0.2) is 0 Å². The molecular formula is C13H21NO3. The van der Waals surface area contributed by atoms with E-state index in [2.05, 4.69) is 0 Å². The van der Waals surface area contributed by atoms with E-state index in [-0.39, 0.29) is 0 Å². The lowest BCUT2D eigenvalue weighted by molar-refractivity contribution is 0.0994. The highest BCUT2D eigenvalue weighted by Gasteiger charge is 1.95. The van der Waals surface area contributed by atoms with Gasteiger partial charge in [0.1, 0.15) is 18.1 Å². The van der Waals surface area contributed by atoms with E-state index in [4.69, 9.17) is 19.9 Å². The van der Waals surface area contributed by atoms with E-state index >= 15 is 0 Å². The summed E-state index contributed by atoms with van der Waals surface area (Å²) >= 11 is 0. The van der Waals surface area contributed by atoms with Crippen molar-refractivity contribution in [3.63, 3.8) is 0 Å². The molecule has 0 saturated carbocycles. The Labute approximate surface area is 103 Å².